The van der Waals surface area contributed by atoms with Crippen LogP contribution in [0.5, 0.6) is 0 Å². The topological polar surface area (TPSA) is 29.3 Å². The first kappa shape index (κ1) is 11.1. The highest BCUT2D eigenvalue weighted by Gasteiger charge is 2.33. The molecule has 1 fully saturated rings. The highest BCUT2D eigenvalue weighted by Crippen LogP contribution is 2.37. The van der Waals surface area contributed by atoms with Crippen LogP contribution in [0.25, 0.3) is 0 Å². The van der Waals surface area contributed by atoms with Gasteiger partial charge in [0.1, 0.15) is 0 Å². The minimum atomic E-state index is 0.411. The summed E-state index contributed by atoms with van der Waals surface area (Å²) in [6.07, 6.45) is 6.17. The van der Waals surface area contributed by atoms with E-state index >= 15 is 0 Å². The summed E-state index contributed by atoms with van der Waals surface area (Å²) in [5.74, 6) is 0. The molecule has 0 bridgehead atoms. The maximum Gasteiger partial charge on any atom is 0.0404 e. The van der Waals surface area contributed by atoms with Crippen molar-refractivity contribution in [3.05, 3.63) is 29.8 Å². The standard InChI is InChI=1S/C15H22N2/c1-11-9-12-5-2-3-8-15(12)17(11)14-7-4-6-13(16)10-14/h2-3,5,8,11,13-14H,4,6-7,9-10,16H2,1H3. The van der Waals surface area contributed by atoms with E-state index in [9.17, 15) is 0 Å². The van der Waals surface area contributed by atoms with Crippen LogP contribution in [0, 0.1) is 0 Å². The lowest BCUT2D eigenvalue weighted by atomic mass is 9.90. The summed E-state index contributed by atoms with van der Waals surface area (Å²) in [5, 5.41) is 0. The Kier molecular flexibility index (Phi) is 2.83. The molecule has 0 saturated heterocycles. The SMILES string of the molecule is CC1Cc2ccccc2N1C1CCCC(N)C1. The van der Waals surface area contributed by atoms with Crippen molar-refractivity contribution in [2.75, 3.05) is 4.90 Å². The molecule has 1 heterocycles. The van der Waals surface area contributed by atoms with Gasteiger partial charge in [0.15, 0.2) is 0 Å². The molecule has 3 atom stereocenters. The van der Waals surface area contributed by atoms with Crippen molar-refractivity contribution in [3.8, 4) is 0 Å². The number of fused-ring (bicyclic) bond motifs is 1. The predicted molar refractivity (Wildman–Crippen MR) is 72.3 cm³/mol. The van der Waals surface area contributed by atoms with Gasteiger partial charge in [-0.25, -0.2) is 0 Å². The van der Waals surface area contributed by atoms with Gasteiger partial charge in [0, 0.05) is 23.8 Å². The number of rotatable bonds is 1. The summed E-state index contributed by atoms with van der Waals surface area (Å²) in [7, 11) is 0. The van der Waals surface area contributed by atoms with Crippen molar-refractivity contribution in [2.24, 2.45) is 5.73 Å². The summed E-state index contributed by atoms with van der Waals surface area (Å²) in [6, 6.07) is 10.6. The lowest BCUT2D eigenvalue weighted by Crippen LogP contribution is -2.45. The minimum absolute atomic E-state index is 0.411. The molecule has 0 aromatic heterocycles. The van der Waals surface area contributed by atoms with Crippen molar-refractivity contribution >= 4 is 5.69 Å². The maximum absolute atomic E-state index is 6.13. The molecule has 2 heteroatoms. The van der Waals surface area contributed by atoms with Gasteiger partial charge >= 0.3 is 0 Å². The van der Waals surface area contributed by atoms with Crippen molar-refractivity contribution in [3.63, 3.8) is 0 Å². The van der Waals surface area contributed by atoms with Crippen LogP contribution >= 0.6 is 0 Å². The van der Waals surface area contributed by atoms with E-state index in [2.05, 4.69) is 36.1 Å². The first-order valence-corrected chi connectivity index (χ1v) is 6.87. The Morgan fingerprint density at radius 3 is 2.88 bits per heavy atom. The van der Waals surface area contributed by atoms with Crippen LogP contribution in [0.2, 0.25) is 0 Å². The molecular weight excluding hydrogens is 208 g/mol. The normalized spacial score (nSPS) is 32.6. The lowest BCUT2D eigenvalue weighted by Gasteiger charge is -2.38. The molecule has 2 nitrogen and oxygen atoms in total. The van der Waals surface area contributed by atoms with Crippen molar-refractivity contribution in [2.45, 2.75) is 57.2 Å². The van der Waals surface area contributed by atoms with Crippen molar-refractivity contribution in [1.29, 1.82) is 0 Å². The number of para-hydroxylation sites is 1. The third kappa shape index (κ3) is 1.95. The third-order valence-electron chi connectivity index (χ3n) is 4.34. The zero-order valence-electron chi connectivity index (χ0n) is 10.6. The fraction of sp³-hybridized carbons (Fsp3) is 0.600. The van der Waals surface area contributed by atoms with E-state index in [0.717, 1.165) is 0 Å². The van der Waals surface area contributed by atoms with Crippen LogP contribution in [0.4, 0.5) is 5.69 Å². The zero-order chi connectivity index (χ0) is 11.8. The molecule has 2 aliphatic rings. The predicted octanol–water partition coefficient (Wildman–Crippen LogP) is 2.71. The quantitative estimate of drug-likeness (QED) is 0.803. The molecule has 3 rings (SSSR count). The monoisotopic (exact) mass is 230 g/mol. The minimum Gasteiger partial charge on any atom is -0.365 e. The number of benzene rings is 1. The van der Waals surface area contributed by atoms with E-state index in [4.69, 9.17) is 5.73 Å². The van der Waals surface area contributed by atoms with Gasteiger partial charge in [-0.3, -0.25) is 0 Å². The summed E-state index contributed by atoms with van der Waals surface area (Å²) in [6.45, 7) is 2.35. The molecule has 92 valence electrons. The second kappa shape index (κ2) is 4.34. The maximum atomic E-state index is 6.13. The van der Waals surface area contributed by atoms with Gasteiger partial charge in [-0.2, -0.15) is 0 Å². The van der Waals surface area contributed by atoms with Gasteiger partial charge in [-0.1, -0.05) is 18.2 Å². The Bertz CT molecular complexity index is 402. The Hall–Kier alpha value is -1.02. The summed E-state index contributed by atoms with van der Waals surface area (Å²) in [4.78, 5) is 2.63. The Labute approximate surface area is 104 Å². The van der Waals surface area contributed by atoms with Crippen LogP contribution in [-0.4, -0.2) is 18.1 Å². The first-order valence-electron chi connectivity index (χ1n) is 6.87. The number of hydrogen-bond donors (Lipinski definition) is 1. The lowest BCUT2D eigenvalue weighted by molar-refractivity contribution is 0.362. The number of hydrogen-bond acceptors (Lipinski definition) is 2. The second-order valence-electron chi connectivity index (χ2n) is 5.67. The Balaban J connectivity index is 1.87. The van der Waals surface area contributed by atoms with Crippen LogP contribution in [0.1, 0.15) is 38.2 Å². The fourth-order valence-electron chi connectivity index (χ4n) is 3.60. The smallest absolute Gasteiger partial charge is 0.0404 e. The zero-order valence-corrected chi connectivity index (χ0v) is 10.6. The van der Waals surface area contributed by atoms with E-state index in [-0.39, 0.29) is 0 Å². The second-order valence-corrected chi connectivity index (χ2v) is 5.67. The van der Waals surface area contributed by atoms with E-state index < -0.39 is 0 Å². The Morgan fingerprint density at radius 2 is 2.06 bits per heavy atom. The molecule has 1 aromatic rings. The highest BCUT2D eigenvalue weighted by molar-refractivity contribution is 5.60. The van der Waals surface area contributed by atoms with Crippen LogP contribution in [0.3, 0.4) is 0 Å². The molecule has 0 amide bonds. The summed E-state index contributed by atoms with van der Waals surface area (Å²) in [5.41, 5.74) is 9.10. The summed E-state index contributed by atoms with van der Waals surface area (Å²) < 4.78 is 0. The molecule has 2 N–H and O–H groups in total. The van der Waals surface area contributed by atoms with Gasteiger partial charge in [0.2, 0.25) is 0 Å². The average molecular weight is 230 g/mol. The van der Waals surface area contributed by atoms with Crippen LogP contribution in [-0.2, 0) is 6.42 Å². The third-order valence-corrected chi connectivity index (χ3v) is 4.34. The first-order chi connectivity index (χ1) is 8.25. The van der Waals surface area contributed by atoms with E-state index in [1.165, 1.54) is 43.4 Å². The molecule has 0 spiro atoms. The molecule has 1 aromatic carbocycles. The van der Waals surface area contributed by atoms with Gasteiger partial charge < -0.3 is 10.6 Å². The highest BCUT2D eigenvalue weighted by atomic mass is 15.2. The van der Waals surface area contributed by atoms with Crippen LogP contribution < -0.4 is 10.6 Å². The fourth-order valence-corrected chi connectivity index (χ4v) is 3.60. The molecule has 17 heavy (non-hydrogen) atoms. The molecule has 1 saturated carbocycles. The van der Waals surface area contributed by atoms with E-state index in [0.29, 0.717) is 18.1 Å². The van der Waals surface area contributed by atoms with E-state index in [1.54, 1.807) is 0 Å². The largest absolute Gasteiger partial charge is 0.365 e. The van der Waals surface area contributed by atoms with Gasteiger partial charge in [0.05, 0.1) is 0 Å². The molecule has 1 aliphatic carbocycles. The van der Waals surface area contributed by atoms with Crippen molar-refractivity contribution < 1.29 is 0 Å². The van der Waals surface area contributed by atoms with Gasteiger partial charge in [-0.05, 0) is 50.7 Å². The number of nitrogens with zero attached hydrogens (tertiary/aromatic N) is 1. The number of anilines is 1. The molecule has 1 aliphatic heterocycles. The molecule has 0 radical (unpaired) electrons. The summed E-state index contributed by atoms with van der Waals surface area (Å²) >= 11 is 0. The van der Waals surface area contributed by atoms with E-state index in [1.807, 2.05) is 0 Å². The average Bonchev–Trinajstić information content (AvgIpc) is 2.64. The Morgan fingerprint density at radius 1 is 1.24 bits per heavy atom. The van der Waals surface area contributed by atoms with Crippen molar-refractivity contribution in [1.82, 2.24) is 0 Å². The van der Waals surface area contributed by atoms with Crippen LogP contribution in [0.15, 0.2) is 24.3 Å². The van der Waals surface area contributed by atoms with Gasteiger partial charge in [-0.15, -0.1) is 0 Å². The molecular formula is C15H22N2. The number of nitrogens with two attached hydrogens (primary N) is 1. The van der Waals surface area contributed by atoms with Gasteiger partial charge in [0.25, 0.3) is 0 Å². The molecule has 3 unspecified atom stereocenters.